The average Bonchev–Trinajstić information content (AvgIpc) is 4.01. The van der Waals surface area contributed by atoms with Gasteiger partial charge < -0.3 is 9.13 Å². The smallest absolute Gasteiger partial charge is 0.159 e. The molecule has 0 unspecified atom stereocenters. The molecule has 0 amide bonds. The van der Waals surface area contributed by atoms with Crippen molar-refractivity contribution < 1.29 is 0 Å². The van der Waals surface area contributed by atoms with E-state index >= 15 is 0 Å². The summed E-state index contributed by atoms with van der Waals surface area (Å²) in [5.74, 6) is 1.47. The maximum Gasteiger partial charge on any atom is 0.159 e. The summed E-state index contributed by atoms with van der Waals surface area (Å²) in [4.78, 5) is 19.5. The molecule has 0 bridgehead atoms. The number of thiophene rings is 1. The zero-order valence-corrected chi connectivity index (χ0v) is 37.4. The van der Waals surface area contributed by atoms with Crippen LogP contribution in [0.3, 0.4) is 0 Å². The van der Waals surface area contributed by atoms with Crippen LogP contribution in [0.15, 0.2) is 214 Å². The second-order valence-electron chi connectivity index (χ2n) is 17.2. The van der Waals surface area contributed by atoms with Crippen molar-refractivity contribution in [1.82, 2.24) is 9.13 Å². The number of benzene rings is 8. The number of rotatable bonds is 6. The van der Waals surface area contributed by atoms with Crippen LogP contribution in [0.25, 0.3) is 97.4 Å². The quantitative estimate of drug-likeness (QED) is 0.160. The Bertz CT molecular complexity index is 3710. The van der Waals surface area contributed by atoms with Crippen molar-refractivity contribution in [3.05, 3.63) is 206 Å². The molecule has 2 aliphatic rings. The summed E-state index contributed by atoms with van der Waals surface area (Å²) >= 11 is 1.85. The van der Waals surface area contributed by atoms with E-state index < -0.39 is 0 Å². The minimum absolute atomic E-state index is 0.735. The number of hydrogen-bond donors (Lipinski definition) is 0. The first kappa shape index (κ1) is 39.1. The summed E-state index contributed by atoms with van der Waals surface area (Å²) in [6.45, 7) is 0. The van der Waals surface area contributed by atoms with Crippen molar-refractivity contribution in [1.29, 1.82) is 0 Å². The van der Waals surface area contributed by atoms with E-state index in [1.807, 2.05) is 36.2 Å². The zero-order valence-electron chi connectivity index (χ0n) is 36.5. The molecule has 0 N–H and O–H groups in total. The van der Waals surface area contributed by atoms with Crippen LogP contribution in [-0.2, 0) is 0 Å². The number of aliphatic imine (C=N–C) groups is 4. The normalized spacial score (nSPS) is 17.7. The summed E-state index contributed by atoms with van der Waals surface area (Å²) in [7, 11) is 0. The molecule has 0 spiro atoms. The Balaban J connectivity index is 0.965. The summed E-state index contributed by atoms with van der Waals surface area (Å²) in [5.41, 5.74) is 13.5. The van der Waals surface area contributed by atoms with Crippen molar-refractivity contribution in [2.45, 2.75) is 25.7 Å². The largest absolute Gasteiger partial charge is 0.309 e. The predicted octanol–water partition coefficient (Wildman–Crippen LogP) is 15.8. The summed E-state index contributed by atoms with van der Waals surface area (Å²) in [6, 6.07) is 62.0. The van der Waals surface area contributed by atoms with Crippen molar-refractivity contribution in [2.75, 3.05) is 0 Å². The summed E-state index contributed by atoms with van der Waals surface area (Å²) in [6.07, 6.45) is 15.7. The van der Waals surface area contributed by atoms with Gasteiger partial charge in [-0.15, -0.1) is 11.3 Å². The van der Waals surface area contributed by atoms with Crippen molar-refractivity contribution in [2.24, 2.45) is 20.0 Å². The van der Waals surface area contributed by atoms with Crippen LogP contribution in [0.5, 0.6) is 0 Å². The lowest BCUT2D eigenvalue weighted by Gasteiger charge is -2.09. The Morgan fingerprint density at radius 1 is 0.373 bits per heavy atom. The molecule has 67 heavy (non-hydrogen) atoms. The van der Waals surface area contributed by atoms with Gasteiger partial charge in [0.15, 0.2) is 11.7 Å². The third-order valence-electron chi connectivity index (χ3n) is 13.2. The van der Waals surface area contributed by atoms with Crippen LogP contribution in [0.1, 0.15) is 36.8 Å². The van der Waals surface area contributed by atoms with Gasteiger partial charge in [0.1, 0.15) is 0 Å². The molecular formula is C60H42N6S. The Hall–Kier alpha value is -8.26. The molecule has 7 heteroatoms. The molecule has 2 aliphatic heterocycles. The van der Waals surface area contributed by atoms with E-state index in [-0.39, 0.29) is 0 Å². The third kappa shape index (κ3) is 6.69. The molecule has 0 radical (unpaired) electrons. The van der Waals surface area contributed by atoms with Crippen LogP contribution >= 0.6 is 11.3 Å². The molecule has 6 nitrogen and oxygen atoms in total. The number of amidine groups is 2. The zero-order chi connectivity index (χ0) is 44.3. The summed E-state index contributed by atoms with van der Waals surface area (Å²) in [5, 5.41) is 7.16. The Labute approximate surface area is 391 Å². The second kappa shape index (κ2) is 16.3. The highest BCUT2D eigenvalue weighted by Crippen LogP contribution is 2.43. The Kier molecular flexibility index (Phi) is 9.53. The van der Waals surface area contributed by atoms with Gasteiger partial charge in [-0.05, 0) is 133 Å². The number of hydrogen-bond acceptors (Lipinski definition) is 5. The Morgan fingerprint density at radius 3 is 1.27 bits per heavy atom. The van der Waals surface area contributed by atoms with Gasteiger partial charge >= 0.3 is 0 Å². The van der Waals surface area contributed by atoms with Crippen LogP contribution in [0.2, 0.25) is 0 Å². The lowest BCUT2D eigenvalue weighted by molar-refractivity contribution is 1.10. The molecule has 318 valence electrons. The maximum atomic E-state index is 4.88. The highest BCUT2D eigenvalue weighted by Gasteiger charge is 2.21. The van der Waals surface area contributed by atoms with Crippen LogP contribution in [0, 0.1) is 0 Å². The number of para-hydroxylation sites is 2. The predicted molar refractivity (Wildman–Crippen MR) is 286 cm³/mol. The molecule has 0 aliphatic carbocycles. The van der Waals surface area contributed by atoms with Gasteiger partial charge in [0.25, 0.3) is 0 Å². The van der Waals surface area contributed by atoms with Gasteiger partial charge in [0.2, 0.25) is 0 Å². The molecular weight excluding hydrogens is 837 g/mol. The molecule has 0 fully saturated rings. The monoisotopic (exact) mass is 878 g/mol. The minimum atomic E-state index is 0.735. The van der Waals surface area contributed by atoms with E-state index in [9.17, 15) is 0 Å². The van der Waals surface area contributed by atoms with E-state index in [0.717, 1.165) is 92.7 Å². The molecule has 13 rings (SSSR count). The standard InChI is InChI=1S/C60H42N6S/c1-5-15-43(16-6-1)65-51-27-23-39(37-49(51)57-45(19-13-21-53(57)65)59-61-31-9-3-10-32-62-59)41-25-29-55-47(35-41)48-36-42(26-30-56(48)67-55)40-24-28-52-50(38-40)58-46(60-63-33-11-4-12-34-64-60)20-14-22-54(58)66(52)44-17-7-2-8-18-44/h1-2,5-9,11,13-38H,3-4,10,12H2/b31-9-,33-11-,61-59-,62-32-,63-60-,64-34-. The van der Waals surface area contributed by atoms with E-state index in [1.165, 1.54) is 53.2 Å². The number of nitrogens with zero attached hydrogens (tertiary/aromatic N) is 6. The van der Waals surface area contributed by atoms with Crippen molar-refractivity contribution >= 4 is 99.2 Å². The van der Waals surface area contributed by atoms with Gasteiger partial charge in [-0.2, -0.15) is 0 Å². The lowest BCUT2D eigenvalue weighted by Crippen LogP contribution is -2.00. The van der Waals surface area contributed by atoms with Crippen LogP contribution < -0.4 is 0 Å². The van der Waals surface area contributed by atoms with Gasteiger partial charge in [-0.25, -0.2) is 20.0 Å². The first-order valence-electron chi connectivity index (χ1n) is 23.0. The fourth-order valence-electron chi connectivity index (χ4n) is 10.1. The van der Waals surface area contributed by atoms with Crippen LogP contribution in [-0.4, -0.2) is 33.2 Å². The minimum Gasteiger partial charge on any atom is -0.309 e. The molecule has 0 atom stereocenters. The van der Waals surface area contributed by atoms with E-state index in [4.69, 9.17) is 20.0 Å². The first-order valence-corrected chi connectivity index (χ1v) is 23.8. The topological polar surface area (TPSA) is 59.3 Å². The molecule has 11 aromatic rings. The van der Waals surface area contributed by atoms with Gasteiger partial charge in [0, 0.05) is 89.0 Å². The highest BCUT2D eigenvalue weighted by molar-refractivity contribution is 7.25. The second-order valence-corrected chi connectivity index (χ2v) is 18.3. The van der Waals surface area contributed by atoms with Gasteiger partial charge in [-0.1, -0.05) is 97.1 Å². The van der Waals surface area contributed by atoms with E-state index in [2.05, 4.69) is 191 Å². The molecule has 0 saturated carbocycles. The Morgan fingerprint density at radius 2 is 0.806 bits per heavy atom. The number of fused-ring (bicyclic) bond motifs is 9. The molecule has 0 saturated heterocycles. The maximum absolute atomic E-state index is 4.88. The molecule has 3 aromatic heterocycles. The van der Waals surface area contributed by atoms with Crippen molar-refractivity contribution in [3.8, 4) is 33.6 Å². The van der Waals surface area contributed by atoms with Gasteiger partial charge in [-0.3, -0.25) is 0 Å². The van der Waals surface area contributed by atoms with Crippen LogP contribution in [0.4, 0.5) is 0 Å². The first-order chi connectivity index (χ1) is 33.2. The van der Waals surface area contributed by atoms with E-state index in [0.29, 0.717) is 0 Å². The number of allylic oxidation sites excluding steroid dienone is 2. The average molecular weight is 879 g/mol. The number of aromatic nitrogens is 2. The fraction of sp³-hybridized carbons (Fsp3) is 0.0667. The molecule has 5 heterocycles. The highest BCUT2D eigenvalue weighted by atomic mass is 32.1. The van der Waals surface area contributed by atoms with Gasteiger partial charge in [0.05, 0.1) is 22.1 Å². The SMILES string of the molecule is C1=C/N=C(c2cccc3c2c2cc(-c4ccc5sc6ccc(-c7ccc8c(c7)c7c(C9=N/C=C\CC/C=N\9)cccc7n8-c7ccccc7)cc6c5c4)ccc2n3-c2ccccc2)\N=C/CC\1. The lowest BCUT2D eigenvalue weighted by atomic mass is 9.97. The molecule has 8 aromatic carbocycles. The summed E-state index contributed by atoms with van der Waals surface area (Å²) < 4.78 is 7.28. The van der Waals surface area contributed by atoms with E-state index in [1.54, 1.807) is 0 Å². The fourth-order valence-corrected chi connectivity index (χ4v) is 11.2. The van der Waals surface area contributed by atoms with Crippen molar-refractivity contribution in [3.63, 3.8) is 0 Å². The third-order valence-corrected chi connectivity index (χ3v) is 14.3.